The van der Waals surface area contributed by atoms with E-state index in [0.717, 1.165) is 0 Å². The van der Waals surface area contributed by atoms with Crippen molar-refractivity contribution in [2.45, 2.75) is 46.5 Å². The fourth-order valence-corrected chi connectivity index (χ4v) is 2.43. The second kappa shape index (κ2) is 5.35. The van der Waals surface area contributed by atoms with Crippen LogP contribution in [0.5, 0.6) is 0 Å². The molecular weight excluding hydrogens is 204 g/mol. The second-order valence-corrected chi connectivity index (χ2v) is 5.04. The van der Waals surface area contributed by atoms with Gasteiger partial charge in [-0.2, -0.15) is 0 Å². The van der Waals surface area contributed by atoms with Crippen LogP contribution >= 0.6 is 0 Å². The molecule has 0 N–H and O–H groups in total. The lowest BCUT2D eigenvalue weighted by molar-refractivity contribution is 0.718. The molecule has 0 saturated carbocycles. The highest BCUT2D eigenvalue weighted by atomic mass is 14.1. The molecule has 0 spiro atoms. The first-order chi connectivity index (χ1) is 8.22. The molecule has 0 aliphatic heterocycles. The van der Waals surface area contributed by atoms with E-state index in [2.05, 4.69) is 51.1 Å². The molecule has 0 nitrogen and oxygen atoms in total. The molecule has 0 radical (unpaired) electrons. The molecule has 2 aliphatic rings. The highest BCUT2D eigenvalue weighted by molar-refractivity contribution is 5.73. The van der Waals surface area contributed by atoms with Crippen molar-refractivity contribution >= 4 is 0 Å². The SMILES string of the molecule is CCCCCc1ccc(C)c2ccc(C)c-2c1. The van der Waals surface area contributed by atoms with E-state index in [1.807, 2.05) is 0 Å². The third-order valence-electron chi connectivity index (χ3n) is 3.59. The topological polar surface area (TPSA) is 0 Å². The van der Waals surface area contributed by atoms with Gasteiger partial charge in [-0.15, -0.1) is 0 Å². The summed E-state index contributed by atoms with van der Waals surface area (Å²) in [5.41, 5.74) is 7.10. The van der Waals surface area contributed by atoms with Gasteiger partial charge < -0.3 is 0 Å². The van der Waals surface area contributed by atoms with E-state index in [4.69, 9.17) is 0 Å². The van der Waals surface area contributed by atoms with Crippen molar-refractivity contribution < 1.29 is 0 Å². The first-order valence-corrected chi connectivity index (χ1v) is 6.71. The van der Waals surface area contributed by atoms with E-state index in [0.29, 0.717) is 0 Å². The van der Waals surface area contributed by atoms with E-state index in [1.54, 1.807) is 0 Å². The van der Waals surface area contributed by atoms with Crippen LogP contribution < -0.4 is 0 Å². The first kappa shape index (κ1) is 12.2. The monoisotopic (exact) mass is 226 g/mol. The molecule has 2 aliphatic carbocycles. The summed E-state index contributed by atoms with van der Waals surface area (Å²) in [5, 5.41) is 0. The summed E-state index contributed by atoms with van der Waals surface area (Å²) in [5.74, 6) is 0. The fourth-order valence-electron chi connectivity index (χ4n) is 2.43. The Balaban J connectivity index is 2.32. The Hall–Kier alpha value is -1.30. The highest BCUT2D eigenvalue weighted by Gasteiger charge is 2.08. The molecule has 0 heteroatoms. The molecule has 0 heterocycles. The maximum absolute atomic E-state index is 2.38. The van der Waals surface area contributed by atoms with E-state index in [1.165, 1.54) is 53.5 Å². The number of hydrogen-bond acceptors (Lipinski definition) is 0. The van der Waals surface area contributed by atoms with E-state index in [-0.39, 0.29) is 0 Å². The smallest absolute Gasteiger partial charge is 0.0149 e. The highest BCUT2D eigenvalue weighted by Crippen LogP contribution is 2.30. The maximum Gasteiger partial charge on any atom is -0.0149 e. The van der Waals surface area contributed by atoms with Crippen LogP contribution in [0.3, 0.4) is 0 Å². The molecule has 0 aromatic rings. The molecule has 0 saturated heterocycles. The quantitative estimate of drug-likeness (QED) is 0.633. The zero-order valence-electron chi connectivity index (χ0n) is 11.2. The van der Waals surface area contributed by atoms with Crippen LogP contribution in [0.4, 0.5) is 0 Å². The summed E-state index contributed by atoms with van der Waals surface area (Å²) in [6.45, 7) is 6.67. The average Bonchev–Trinajstić information content (AvgIpc) is 2.59. The van der Waals surface area contributed by atoms with E-state index in [9.17, 15) is 0 Å². The van der Waals surface area contributed by atoms with Gasteiger partial charge in [0.2, 0.25) is 0 Å². The average molecular weight is 226 g/mol. The van der Waals surface area contributed by atoms with Crippen LogP contribution in [0.25, 0.3) is 11.1 Å². The Morgan fingerprint density at radius 1 is 0.824 bits per heavy atom. The van der Waals surface area contributed by atoms with Crippen LogP contribution in [-0.4, -0.2) is 0 Å². The molecular formula is C17H22. The lowest BCUT2D eigenvalue weighted by Crippen LogP contribution is -1.83. The zero-order valence-corrected chi connectivity index (χ0v) is 11.2. The van der Waals surface area contributed by atoms with Gasteiger partial charge in [-0.3, -0.25) is 0 Å². The largest absolute Gasteiger partial charge is 0.0654 e. The minimum absolute atomic E-state index is 1.21. The second-order valence-electron chi connectivity index (χ2n) is 5.04. The third kappa shape index (κ3) is 2.69. The Bertz CT molecular complexity index is 468. The summed E-state index contributed by atoms with van der Waals surface area (Å²) in [4.78, 5) is 0. The van der Waals surface area contributed by atoms with Crippen molar-refractivity contribution in [3.05, 3.63) is 47.0 Å². The summed E-state index contributed by atoms with van der Waals surface area (Å²) in [7, 11) is 0. The van der Waals surface area contributed by atoms with Gasteiger partial charge in [-0.1, -0.05) is 50.1 Å². The lowest BCUT2D eigenvalue weighted by atomic mass is 10.0. The van der Waals surface area contributed by atoms with Crippen molar-refractivity contribution in [1.82, 2.24) is 0 Å². The Morgan fingerprint density at radius 3 is 2.29 bits per heavy atom. The number of aryl methyl sites for hydroxylation is 3. The summed E-state index contributed by atoms with van der Waals surface area (Å²) >= 11 is 0. The van der Waals surface area contributed by atoms with E-state index >= 15 is 0 Å². The van der Waals surface area contributed by atoms with Gasteiger partial charge in [0.25, 0.3) is 0 Å². The number of rotatable bonds is 4. The van der Waals surface area contributed by atoms with E-state index < -0.39 is 0 Å². The number of unbranched alkanes of at least 4 members (excludes halogenated alkanes) is 2. The van der Waals surface area contributed by atoms with Gasteiger partial charge in [0, 0.05) is 0 Å². The van der Waals surface area contributed by atoms with Crippen molar-refractivity contribution in [3.63, 3.8) is 0 Å². The predicted octanol–water partition coefficient (Wildman–Crippen LogP) is 5.14. The number of fused-ring (bicyclic) bond motifs is 1. The molecule has 0 atom stereocenters. The van der Waals surface area contributed by atoms with Crippen molar-refractivity contribution in [2.24, 2.45) is 0 Å². The molecule has 90 valence electrons. The molecule has 0 aromatic carbocycles. The fraction of sp³-hybridized carbons (Fsp3) is 0.412. The minimum Gasteiger partial charge on any atom is -0.0654 e. The van der Waals surface area contributed by atoms with Crippen LogP contribution in [-0.2, 0) is 6.42 Å². The van der Waals surface area contributed by atoms with Crippen LogP contribution in [0.2, 0.25) is 0 Å². The first-order valence-electron chi connectivity index (χ1n) is 6.71. The molecule has 0 bridgehead atoms. The zero-order chi connectivity index (χ0) is 12.3. The standard InChI is InChI=1S/C17H22/c1-4-5-6-7-15-10-8-13(2)16-11-9-14(3)17(16)12-15/h8-12H,4-7H2,1-3H3. The maximum atomic E-state index is 2.38. The summed E-state index contributed by atoms with van der Waals surface area (Å²) in [6, 6.07) is 11.4. The molecule has 0 fully saturated rings. The molecule has 17 heavy (non-hydrogen) atoms. The molecule has 2 rings (SSSR count). The van der Waals surface area contributed by atoms with Crippen molar-refractivity contribution in [3.8, 4) is 11.1 Å². The summed E-state index contributed by atoms with van der Waals surface area (Å²) < 4.78 is 0. The van der Waals surface area contributed by atoms with Gasteiger partial charge in [0.05, 0.1) is 0 Å². The minimum atomic E-state index is 1.21. The van der Waals surface area contributed by atoms with Gasteiger partial charge >= 0.3 is 0 Å². The Morgan fingerprint density at radius 2 is 1.53 bits per heavy atom. The van der Waals surface area contributed by atoms with Gasteiger partial charge in [0.15, 0.2) is 0 Å². The summed E-state index contributed by atoms with van der Waals surface area (Å²) in [6.07, 6.45) is 5.14. The lowest BCUT2D eigenvalue weighted by Gasteiger charge is -2.00. The molecule has 0 aromatic heterocycles. The third-order valence-corrected chi connectivity index (χ3v) is 3.59. The van der Waals surface area contributed by atoms with Gasteiger partial charge in [-0.25, -0.2) is 0 Å². The van der Waals surface area contributed by atoms with Crippen LogP contribution in [0.1, 0.15) is 42.9 Å². The predicted molar refractivity (Wildman–Crippen MR) is 75.8 cm³/mol. The van der Waals surface area contributed by atoms with Crippen molar-refractivity contribution in [1.29, 1.82) is 0 Å². The van der Waals surface area contributed by atoms with Crippen molar-refractivity contribution in [2.75, 3.05) is 0 Å². The number of hydrogen-bond donors (Lipinski definition) is 0. The van der Waals surface area contributed by atoms with Crippen LogP contribution in [0, 0.1) is 13.8 Å². The van der Waals surface area contributed by atoms with Crippen LogP contribution in [0.15, 0.2) is 30.3 Å². The van der Waals surface area contributed by atoms with Gasteiger partial charge in [0.1, 0.15) is 0 Å². The molecule has 0 amide bonds. The Kier molecular flexibility index (Phi) is 3.83. The normalized spacial score (nSPS) is 11.0. The van der Waals surface area contributed by atoms with Gasteiger partial charge in [-0.05, 0) is 54.5 Å². The molecule has 0 unspecified atom stereocenters. The Labute approximate surface area is 105 Å².